The number of halogens is 1. The Kier molecular flexibility index (Phi) is 8.06. The van der Waals surface area contributed by atoms with Crippen molar-refractivity contribution < 1.29 is 27.1 Å². The Morgan fingerprint density at radius 3 is 2.32 bits per heavy atom. The van der Waals surface area contributed by atoms with Crippen LogP contribution in [0.15, 0.2) is 41.3 Å². The molecule has 0 unspecified atom stereocenters. The van der Waals surface area contributed by atoms with Crippen LogP contribution < -0.4 is 10.0 Å². The molecule has 2 N–H and O–H groups in total. The molecule has 0 bridgehead atoms. The third-order valence-corrected chi connectivity index (χ3v) is 6.52. The van der Waals surface area contributed by atoms with Crippen molar-refractivity contribution in [1.82, 2.24) is 4.90 Å². The lowest BCUT2D eigenvalue weighted by molar-refractivity contribution is 0.0729. The van der Waals surface area contributed by atoms with Crippen LogP contribution in [0, 0.1) is 11.7 Å². The highest BCUT2D eigenvalue weighted by molar-refractivity contribution is 7.89. The number of nitrogens with zero attached hydrogens (tertiary/aromatic N) is 2. The van der Waals surface area contributed by atoms with Crippen molar-refractivity contribution in [2.75, 3.05) is 37.7 Å². The molecule has 184 valence electrons. The van der Waals surface area contributed by atoms with Crippen LogP contribution in [0.25, 0.3) is 0 Å². The SMILES string of the molecule is CC(=O)c1ccc(N2CCN(C(=O)c3cc(S(N)(=O)=O)ccc3COCC(C)C)CC2)c(F)c1. The molecule has 1 amide bonds. The number of piperazine rings is 1. The van der Waals surface area contributed by atoms with Gasteiger partial charge in [-0.1, -0.05) is 19.9 Å². The van der Waals surface area contributed by atoms with E-state index in [0.717, 1.165) is 0 Å². The molecule has 1 saturated heterocycles. The number of hydrogen-bond donors (Lipinski definition) is 1. The molecule has 0 saturated carbocycles. The van der Waals surface area contributed by atoms with E-state index in [1.54, 1.807) is 23.1 Å². The molecule has 1 aliphatic heterocycles. The van der Waals surface area contributed by atoms with Gasteiger partial charge in [0, 0.05) is 43.9 Å². The second-order valence-electron chi connectivity index (χ2n) is 8.77. The number of amides is 1. The fourth-order valence-electron chi connectivity index (χ4n) is 3.77. The van der Waals surface area contributed by atoms with Crippen LogP contribution in [0.2, 0.25) is 0 Å². The maximum atomic E-state index is 14.5. The number of ether oxygens (including phenoxy) is 1. The van der Waals surface area contributed by atoms with Gasteiger partial charge in [-0.15, -0.1) is 0 Å². The van der Waals surface area contributed by atoms with Crippen LogP contribution in [0.5, 0.6) is 0 Å². The van der Waals surface area contributed by atoms with Gasteiger partial charge in [0.2, 0.25) is 10.0 Å². The number of benzene rings is 2. The minimum atomic E-state index is -3.98. The lowest BCUT2D eigenvalue weighted by Crippen LogP contribution is -2.49. The van der Waals surface area contributed by atoms with Crippen LogP contribution in [-0.2, 0) is 21.4 Å². The normalized spacial score (nSPS) is 14.5. The van der Waals surface area contributed by atoms with Gasteiger partial charge in [0.05, 0.1) is 17.2 Å². The Morgan fingerprint density at radius 1 is 1.09 bits per heavy atom. The average molecular weight is 492 g/mol. The van der Waals surface area contributed by atoms with E-state index in [2.05, 4.69) is 0 Å². The number of rotatable bonds is 8. The van der Waals surface area contributed by atoms with Gasteiger partial charge >= 0.3 is 0 Å². The highest BCUT2D eigenvalue weighted by atomic mass is 32.2. The second-order valence-corrected chi connectivity index (χ2v) is 10.3. The maximum Gasteiger partial charge on any atom is 0.254 e. The molecule has 10 heteroatoms. The number of nitrogens with two attached hydrogens (primary N) is 1. The average Bonchev–Trinajstić information content (AvgIpc) is 2.78. The summed E-state index contributed by atoms with van der Waals surface area (Å²) in [5, 5.41) is 5.27. The van der Waals surface area contributed by atoms with Gasteiger partial charge in [0.15, 0.2) is 5.78 Å². The molecule has 0 aliphatic carbocycles. The van der Waals surface area contributed by atoms with Crippen molar-refractivity contribution in [3.8, 4) is 0 Å². The zero-order chi connectivity index (χ0) is 25.0. The third-order valence-electron chi connectivity index (χ3n) is 5.61. The second kappa shape index (κ2) is 10.6. The van der Waals surface area contributed by atoms with E-state index in [4.69, 9.17) is 9.88 Å². The Balaban J connectivity index is 1.77. The van der Waals surface area contributed by atoms with Crippen molar-refractivity contribution in [3.05, 3.63) is 58.9 Å². The van der Waals surface area contributed by atoms with E-state index in [1.165, 1.54) is 25.1 Å². The van der Waals surface area contributed by atoms with Gasteiger partial charge in [-0.25, -0.2) is 17.9 Å². The molecule has 0 aromatic heterocycles. The third kappa shape index (κ3) is 6.19. The van der Waals surface area contributed by atoms with E-state index < -0.39 is 15.8 Å². The van der Waals surface area contributed by atoms with Gasteiger partial charge < -0.3 is 14.5 Å². The summed E-state index contributed by atoms with van der Waals surface area (Å²) < 4.78 is 43.9. The first-order chi connectivity index (χ1) is 16.0. The van der Waals surface area contributed by atoms with Crippen LogP contribution >= 0.6 is 0 Å². The zero-order valence-corrected chi connectivity index (χ0v) is 20.4. The minimum absolute atomic E-state index is 0.144. The highest BCUT2D eigenvalue weighted by Crippen LogP contribution is 2.24. The lowest BCUT2D eigenvalue weighted by atomic mass is 10.1. The highest BCUT2D eigenvalue weighted by Gasteiger charge is 2.26. The minimum Gasteiger partial charge on any atom is -0.376 e. The number of carbonyl (C=O) groups excluding carboxylic acids is 2. The van der Waals surface area contributed by atoms with Crippen molar-refractivity contribution in [3.63, 3.8) is 0 Å². The lowest BCUT2D eigenvalue weighted by Gasteiger charge is -2.36. The number of primary sulfonamides is 1. The molecule has 0 radical (unpaired) electrons. The van der Waals surface area contributed by atoms with Crippen molar-refractivity contribution in [1.29, 1.82) is 0 Å². The summed E-state index contributed by atoms with van der Waals surface area (Å²) in [6.07, 6.45) is 0. The summed E-state index contributed by atoms with van der Waals surface area (Å²) in [6.45, 7) is 7.46. The Labute approximate surface area is 199 Å². The van der Waals surface area contributed by atoms with E-state index in [-0.39, 0.29) is 28.8 Å². The fourth-order valence-corrected chi connectivity index (χ4v) is 4.31. The molecule has 2 aromatic rings. The molecule has 1 aliphatic rings. The topological polar surface area (TPSA) is 110 Å². The first-order valence-electron chi connectivity index (χ1n) is 11.1. The first kappa shape index (κ1) is 25.8. The summed E-state index contributed by atoms with van der Waals surface area (Å²) in [4.78, 5) is 28.1. The van der Waals surface area contributed by atoms with Crippen molar-refractivity contribution >= 4 is 27.4 Å². The standard InChI is InChI=1S/C24H30FN3O5S/c1-16(2)14-33-15-19-4-6-20(34(26,31)32)13-21(19)24(30)28-10-8-27(9-11-28)23-7-5-18(17(3)29)12-22(23)25/h4-7,12-13,16H,8-11,14-15H2,1-3H3,(H2,26,31,32). The molecule has 2 aromatic carbocycles. The summed E-state index contributed by atoms with van der Waals surface area (Å²) in [5.74, 6) is -0.727. The largest absolute Gasteiger partial charge is 0.376 e. The van der Waals surface area contributed by atoms with Crippen LogP contribution in [0.4, 0.5) is 10.1 Å². The van der Waals surface area contributed by atoms with Gasteiger partial charge in [-0.05, 0) is 48.7 Å². The summed E-state index contributed by atoms with van der Waals surface area (Å²) >= 11 is 0. The molecule has 34 heavy (non-hydrogen) atoms. The number of ketones is 1. The molecule has 8 nitrogen and oxygen atoms in total. The molecule has 3 rings (SSSR count). The number of Topliss-reactive ketones (excluding diaryl/α,β-unsaturated/α-hetero) is 1. The Morgan fingerprint density at radius 2 is 1.76 bits per heavy atom. The van der Waals surface area contributed by atoms with E-state index in [0.29, 0.717) is 55.5 Å². The van der Waals surface area contributed by atoms with Crippen molar-refractivity contribution in [2.24, 2.45) is 11.1 Å². The Hall–Kier alpha value is -2.82. The van der Waals surface area contributed by atoms with Crippen molar-refractivity contribution in [2.45, 2.75) is 32.3 Å². The van der Waals surface area contributed by atoms with Crippen LogP contribution in [0.3, 0.4) is 0 Å². The molecule has 0 atom stereocenters. The quantitative estimate of drug-likeness (QED) is 0.569. The predicted octanol–water partition coefficient (Wildman–Crippen LogP) is 2.81. The maximum absolute atomic E-state index is 14.5. The number of hydrogen-bond acceptors (Lipinski definition) is 6. The predicted molar refractivity (Wildman–Crippen MR) is 127 cm³/mol. The van der Waals surface area contributed by atoms with E-state index >= 15 is 0 Å². The first-order valence-corrected chi connectivity index (χ1v) is 12.6. The van der Waals surface area contributed by atoms with E-state index in [1.807, 2.05) is 18.7 Å². The summed E-state index contributed by atoms with van der Waals surface area (Å²) in [7, 11) is -3.98. The number of carbonyl (C=O) groups is 2. The van der Waals surface area contributed by atoms with E-state index in [9.17, 15) is 22.4 Å². The van der Waals surface area contributed by atoms with Gasteiger partial charge in [0.25, 0.3) is 5.91 Å². The van der Waals surface area contributed by atoms with Gasteiger partial charge in [-0.3, -0.25) is 9.59 Å². The monoisotopic (exact) mass is 491 g/mol. The molecule has 1 heterocycles. The number of anilines is 1. The molecule has 1 fully saturated rings. The van der Waals surface area contributed by atoms with Crippen LogP contribution in [0.1, 0.15) is 47.1 Å². The smallest absolute Gasteiger partial charge is 0.254 e. The fraction of sp³-hybridized carbons (Fsp3) is 0.417. The molecular weight excluding hydrogens is 461 g/mol. The van der Waals surface area contributed by atoms with Crippen LogP contribution in [-0.4, -0.2) is 57.8 Å². The van der Waals surface area contributed by atoms with Gasteiger partial charge in [0.1, 0.15) is 5.82 Å². The Bertz CT molecular complexity index is 1180. The molecular formula is C24H30FN3O5S. The molecule has 0 spiro atoms. The number of sulfonamides is 1. The zero-order valence-electron chi connectivity index (χ0n) is 19.6. The summed E-state index contributed by atoms with van der Waals surface area (Å²) in [5.41, 5.74) is 1.47. The summed E-state index contributed by atoms with van der Waals surface area (Å²) in [6, 6.07) is 8.58. The van der Waals surface area contributed by atoms with Gasteiger partial charge in [-0.2, -0.15) is 0 Å².